The van der Waals surface area contributed by atoms with Crippen LogP contribution >= 0.6 is 11.6 Å². The van der Waals surface area contributed by atoms with Crippen molar-refractivity contribution in [3.05, 3.63) is 29.0 Å². The van der Waals surface area contributed by atoms with Gasteiger partial charge < -0.3 is 10.2 Å². The summed E-state index contributed by atoms with van der Waals surface area (Å²) in [5, 5.41) is 2.93. The molecule has 0 bridgehead atoms. The van der Waals surface area contributed by atoms with Crippen LogP contribution < -0.4 is 5.32 Å². The number of nitrogens with zero attached hydrogens (tertiary/aromatic N) is 2. The zero-order chi connectivity index (χ0) is 14.0. The molecule has 2 rings (SSSR count). The Balaban J connectivity index is 2.13. The zero-order valence-electron chi connectivity index (χ0n) is 10.9. The molecule has 0 aliphatic carbocycles. The molecule has 1 aliphatic heterocycles. The number of pyridine rings is 1. The number of rotatable bonds is 2. The van der Waals surface area contributed by atoms with Crippen LogP contribution in [-0.4, -0.2) is 41.8 Å². The van der Waals surface area contributed by atoms with Crippen molar-refractivity contribution in [2.75, 3.05) is 20.1 Å². The summed E-state index contributed by atoms with van der Waals surface area (Å²) in [7, 11) is 1.61. The van der Waals surface area contributed by atoms with E-state index in [-0.39, 0.29) is 11.8 Å². The second-order valence-corrected chi connectivity index (χ2v) is 5.35. The van der Waals surface area contributed by atoms with Crippen molar-refractivity contribution in [3.63, 3.8) is 0 Å². The molecule has 1 fully saturated rings. The number of carbonyl (C=O) groups excluding carboxylic acids is 2. The molecular formula is C13H16ClN3O2. The lowest BCUT2D eigenvalue weighted by atomic mass is 9.89. The third-order valence-electron chi connectivity index (χ3n) is 3.47. The normalized spacial score (nSPS) is 22.4. The van der Waals surface area contributed by atoms with Gasteiger partial charge in [0.2, 0.25) is 5.91 Å². The molecular weight excluding hydrogens is 266 g/mol. The maximum Gasteiger partial charge on any atom is 0.272 e. The van der Waals surface area contributed by atoms with Gasteiger partial charge in [0.1, 0.15) is 10.8 Å². The molecule has 0 radical (unpaired) electrons. The lowest BCUT2D eigenvalue weighted by Crippen LogP contribution is -2.40. The second-order valence-electron chi connectivity index (χ2n) is 4.96. The fraction of sp³-hybridized carbons (Fsp3) is 0.462. The van der Waals surface area contributed by atoms with E-state index in [2.05, 4.69) is 10.3 Å². The minimum Gasteiger partial charge on any atom is -0.359 e. The number of hydrogen-bond acceptors (Lipinski definition) is 3. The summed E-state index contributed by atoms with van der Waals surface area (Å²) in [4.78, 5) is 29.7. The smallest absolute Gasteiger partial charge is 0.272 e. The molecule has 1 saturated heterocycles. The van der Waals surface area contributed by atoms with Crippen LogP contribution in [0.2, 0.25) is 5.15 Å². The van der Waals surface area contributed by atoms with E-state index >= 15 is 0 Å². The van der Waals surface area contributed by atoms with Crippen molar-refractivity contribution in [2.24, 2.45) is 5.41 Å². The number of carbonyl (C=O) groups is 2. The average molecular weight is 282 g/mol. The highest BCUT2D eigenvalue weighted by Crippen LogP contribution is 2.30. The Morgan fingerprint density at radius 3 is 2.84 bits per heavy atom. The molecule has 5 nitrogen and oxygen atoms in total. The van der Waals surface area contributed by atoms with Crippen LogP contribution in [0.25, 0.3) is 0 Å². The van der Waals surface area contributed by atoms with E-state index in [0.717, 1.165) is 0 Å². The molecule has 19 heavy (non-hydrogen) atoms. The van der Waals surface area contributed by atoms with Gasteiger partial charge >= 0.3 is 0 Å². The molecule has 6 heteroatoms. The maximum atomic E-state index is 12.3. The molecule has 2 heterocycles. The van der Waals surface area contributed by atoms with Crippen LogP contribution in [0, 0.1) is 5.41 Å². The highest BCUT2D eigenvalue weighted by atomic mass is 35.5. The van der Waals surface area contributed by atoms with Crippen LogP contribution in [0.1, 0.15) is 23.8 Å². The number of halogens is 1. The molecule has 1 aromatic rings. The summed E-state index contributed by atoms with van der Waals surface area (Å²) in [5.74, 6) is -0.225. The molecule has 0 aromatic carbocycles. The van der Waals surface area contributed by atoms with E-state index < -0.39 is 5.41 Å². The highest BCUT2D eigenvalue weighted by molar-refractivity contribution is 6.29. The summed E-state index contributed by atoms with van der Waals surface area (Å²) in [6.45, 7) is 2.82. The molecule has 0 saturated carbocycles. The van der Waals surface area contributed by atoms with Gasteiger partial charge in [-0.2, -0.15) is 0 Å². The third-order valence-corrected chi connectivity index (χ3v) is 3.68. The predicted octanol–water partition coefficient (Wildman–Crippen LogP) is 1.33. The molecule has 102 valence electrons. The van der Waals surface area contributed by atoms with Crippen molar-refractivity contribution in [2.45, 2.75) is 13.3 Å². The Hall–Kier alpha value is -1.62. The second kappa shape index (κ2) is 5.17. The van der Waals surface area contributed by atoms with Crippen LogP contribution in [-0.2, 0) is 4.79 Å². The maximum absolute atomic E-state index is 12.3. The highest BCUT2D eigenvalue weighted by Gasteiger charge is 2.41. The Bertz CT molecular complexity index is 520. The summed E-state index contributed by atoms with van der Waals surface area (Å²) in [6, 6.07) is 4.94. The average Bonchev–Trinajstić information content (AvgIpc) is 2.81. The molecule has 2 amide bonds. The first-order valence-corrected chi connectivity index (χ1v) is 6.48. The van der Waals surface area contributed by atoms with Crippen molar-refractivity contribution >= 4 is 23.4 Å². The lowest BCUT2D eigenvalue weighted by Gasteiger charge is -2.22. The van der Waals surface area contributed by atoms with Gasteiger partial charge in [0.15, 0.2) is 0 Å². The van der Waals surface area contributed by atoms with E-state index in [1.807, 2.05) is 6.92 Å². The largest absolute Gasteiger partial charge is 0.359 e. The molecule has 1 atom stereocenters. The molecule has 1 N–H and O–H groups in total. The molecule has 1 aliphatic rings. The van der Waals surface area contributed by atoms with Gasteiger partial charge in [-0.05, 0) is 25.5 Å². The topological polar surface area (TPSA) is 62.3 Å². The zero-order valence-corrected chi connectivity index (χ0v) is 11.7. The fourth-order valence-electron chi connectivity index (χ4n) is 2.31. The Labute approximate surface area is 117 Å². The van der Waals surface area contributed by atoms with E-state index in [0.29, 0.717) is 30.4 Å². The number of nitrogens with one attached hydrogen (secondary N) is 1. The van der Waals surface area contributed by atoms with E-state index in [4.69, 9.17) is 11.6 Å². The minimum absolute atomic E-state index is 0.0400. The quantitative estimate of drug-likeness (QED) is 0.832. The van der Waals surface area contributed by atoms with Gasteiger partial charge in [0.05, 0.1) is 5.41 Å². The minimum atomic E-state index is -0.525. The van der Waals surface area contributed by atoms with E-state index in [1.165, 1.54) is 0 Å². The van der Waals surface area contributed by atoms with Gasteiger partial charge in [-0.15, -0.1) is 0 Å². The monoisotopic (exact) mass is 281 g/mol. The van der Waals surface area contributed by atoms with Crippen LogP contribution in [0.5, 0.6) is 0 Å². The van der Waals surface area contributed by atoms with Crippen LogP contribution in [0.15, 0.2) is 18.2 Å². The standard InChI is InChI=1S/C13H16ClN3O2/c1-13(12(19)15-2)6-7-17(8-13)11(18)9-4-3-5-10(14)16-9/h3-5H,6-8H2,1-2H3,(H,15,19). The van der Waals surface area contributed by atoms with Crippen molar-refractivity contribution in [1.29, 1.82) is 0 Å². The Kier molecular flexibility index (Phi) is 3.75. The molecule has 0 spiro atoms. The fourth-order valence-corrected chi connectivity index (χ4v) is 2.47. The summed E-state index contributed by atoms with van der Waals surface area (Å²) in [5.41, 5.74) is -0.211. The Morgan fingerprint density at radius 2 is 2.21 bits per heavy atom. The van der Waals surface area contributed by atoms with Gasteiger partial charge in [-0.3, -0.25) is 9.59 Å². The van der Waals surface area contributed by atoms with Crippen molar-refractivity contribution in [3.8, 4) is 0 Å². The Morgan fingerprint density at radius 1 is 1.47 bits per heavy atom. The van der Waals surface area contributed by atoms with Gasteiger partial charge in [0.25, 0.3) is 5.91 Å². The first-order chi connectivity index (χ1) is 8.96. The van der Waals surface area contributed by atoms with Gasteiger partial charge in [-0.1, -0.05) is 17.7 Å². The number of amides is 2. The predicted molar refractivity (Wildman–Crippen MR) is 71.9 cm³/mol. The number of aromatic nitrogens is 1. The summed E-state index contributed by atoms with van der Waals surface area (Å²) < 4.78 is 0. The first-order valence-electron chi connectivity index (χ1n) is 6.10. The summed E-state index contributed by atoms with van der Waals surface area (Å²) in [6.07, 6.45) is 0.652. The van der Waals surface area contributed by atoms with Crippen LogP contribution in [0.4, 0.5) is 0 Å². The van der Waals surface area contributed by atoms with Gasteiger partial charge in [0, 0.05) is 20.1 Å². The van der Waals surface area contributed by atoms with Gasteiger partial charge in [-0.25, -0.2) is 4.98 Å². The number of hydrogen-bond donors (Lipinski definition) is 1. The third kappa shape index (κ3) is 2.71. The first kappa shape index (κ1) is 13.8. The lowest BCUT2D eigenvalue weighted by molar-refractivity contribution is -0.128. The molecule has 1 aromatic heterocycles. The number of likely N-dealkylation sites (tertiary alicyclic amines) is 1. The van der Waals surface area contributed by atoms with E-state index in [9.17, 15) is 9.59 Å². The molecule has 1 unspecified atom stereocenters. The SMILES string of the molecule is CNC(=O)C1(C)CCN(C(=O)c2cccc(Cl)n2)C1. The summed E-state index contributed by atoms with van der Waals surface area (Å²) >= 11 is 5.78. The van der Waals surface area contributed by atoms with Crippen molar-refractivity contribution < 1.29 is 9.59 Å². The van der Waals surface area contributed by atoms with Crippen LogP contribution in [0.3, 0.4) is 0 Å². The van der Waals surface area contributed by atoms with Crippen molar-refractivity contribution in [1.82, 2.24) is 15.2 Å². The van der Waals surface area contributed by atoms with E-state index in [1.54, 1.807) is 30.1 Å².